The molecule has 1 unspecified atom stereocenters. The SMILES string of the molecule is CC(C#N)CN(C)C(=O)c1sc2ccc(Cl)cc2c1N. The average Bonchev–Trinajstić information content (AvgIpc) is 2.75. The van der Waals surface area contributed by atoms with E-state index in [1.54, 1.807) is 26.1 Å². The van der Waals surface area contributed by atoms with E-state index in [4.69, 9.17) is 22.6 Å². The Bertz CT molecular complexity index is 704. The first-order valence-corrected chi connectivity index (χ1v) is 7.26. The van der Waals surface area contributed by atoms with Gasteiger partial charge in [-0.15, -0.1) is 11.3 Å². The molecule has 1 aromatic carbocycles. The maximum Gasteiger partial charge on any atom is 0.265 e. The second-order valence-corrected chi connectivity index (χ2v) is 6.19. The number of nitrogens with zero attached hydrogens (tertiary/aromatic N) is 2. The molecule has 0 saturated heterocycles. The van der Waals surface area contributed by atoms with E-state index in [1.807, 2.05) is 6.07 Å². The van der Waals surface area contributed by atoms with Crippen LogP contribution in [0.5, 0.6) is 0 Å². The molecule has 20 heavy (non-hydrogen) atoms. The second kappa shape index (κ2) is 5.70. The lowest BCUT2D eigenvalue weighted by atomic mass is 10.2. The third-order valence-corrected chi connectivity index (χ3v) is 4.41. The molecule has 0 saturated carbocycles. The Labute approximate surface area is 126 Å². The van der Waals surface area contributed by atoms with Crippen molar-refractivity contribution < 1.29 is 4.79 Å². The maximum atomic E-state index is 12.4. The van der Waals surface area contributed by atoms with E-state index in [-0.39, 0.29) is 11.8 Å². The molecule has 1 amide bonds. The third kappa shape index (κ3) is 2.72. The van der Waals surface area contributed by atoms with Gasteiger partial charge in [-0.3, -0.25) is 4.79 Å². The van der Waals surface area contributed by atoms with Crippen LogP contribution < -0.4 is 5.73 Å². The van der Waals surface area contributed by atoms with Crippen LogP contribution in [0.3, 0.4) is 0 Å². The lowest BCUT2D eigenvalue weighted by Crippen LogP contribution is -2.30. The third-order valence-electron chi connectivity index (χ3n) is 3.00. The molecule has 6 heteroatoms. The first-order valence-electron chi connectivity index (χ1n) is 6.06. The van der Waals surface area contributed by atoms with Gasteiger partial charge in [0.1, 0.15) is 4.88 Å². The largest absolute Gasteiger partial charge is 0.397 e. The van der Waals surface area contributed by atoms with Gasteiger partial charge in [0.25, 0.3) is 5.91 Å². The van der Waals surface area contributed by atoms with Gasteiger partial charge in [0.05, 0.1) is 17.7 Å². The summed E-state index contributed by atoms with van der Waals surface area (Å²) < 4.78 is 0.928. The minimum atomic E-state index is -0.214. The number of benzene rings is 1. The van der Waals surface area contributed by atoms with Crippen LogP contribution in [0.25, 0.3) is 10.1 Å². The van der Waals surface area contributed by atoms with E-state index >= 15 is 0 Å². The Balaban J connectivity index is 2.36. The van der Waals surface area contributed by atoms with E-state index < -0.39 is 0 Å². The van der Waals surface area contributed by atoms with Gasteiger partial charge in [0, 0.05) is 28.7 Å². The molecule has 0 aliphatic carbocycles. The van der Waals surface area contributed by atoms with Crippen molar-refractivity contribution in [2.45, 2.75) is 6.92 Å². The maximum absolute atomic E-state index is 12.4. The number of carbonyl (C=O) groups excluding carboxylic acids is 1. The fourth-order valence-corrected chi connectivity index (χ4v) is 3.23. The van der Waals surface area contributed by atoms with Crippen molar-refractivity contribution in [2.24, 2.45) is 5.92 Å². The van der Waals surface area contributed by atoms with Crippen LogP contribution >= 0.6 is 22.9 Å². The molecule has 1 heterocycles. The molecule has 0 spiro atoms. The zero-order chi connectivity index (χ0) is 14.9. The van der Waals surface area contributed by atoms with E-state index in [1.165, 1.54) is 16.2 Å². The van der Waals surface area contributed by atoms with Crippen LogP contribution in [-0.4, -0.2) is 24.4 Å². The number of fused-ring (bicyclic) bond motifs is 1. The lowest BCUT2D eigenvalue weighted by Gasteiger charge is -2.17. The highest BCUT2D eigenvalue weighted by Crippen LogP contribution is 2.35. The molecule has 2 rings (SSSR count). The van der Waals surface area contributed by atoms with Gasteiger partial charge in [-0.1, -0.05) is 11.6 Å². The summed E-state index contributed by atoms with van der Waals surface area (Å²) in [6.07, 6.45) is 0. The molecule has 1 aromatic heterocycles. The molecule has 0 aliphatic rings. The van der Waals surface area contributed by atoms with Crippen molar-refractivity contribution in [3.63, 3.8) is 0 Å². The van der Waals surface area contributed by atoms with Crippen LogP contribution in [0.4, 0.5) is 5.69 Å². The first kappa shape index (κ1) is 14.6. The van der Waals surface area contributed by atoms with Gasteiger partial charge >= 0.3 is 0 Å². The van der Waals surface area contributed by atoms with E-state index in [9.17, 15) is 4.79 Å². The number of thiophene rings is 1. The Morgan fingerprint density at radius 1 is 1.60 bits per heavy atom. The molecule has 0 aliphatic heterocycles. The summed E-state index contributed by atoms with van der Waals surface area (Å²) in [6, 6.07) is 7.50. The summed E-state index contributed by atoms with van der Waals surface area (Å²) in [5.41, 5.74) is 6.50. The Hall–Kier alpha value is -1.77. The zero-order valence-corrected chi connectivity index (χ0v) is 12.8. The number of hydrogen-bond donors (Lipinski definition) is 1. The number of nitriles is 1. The number of hydrogen-bond acceptors (Lipinski definition) is 4. The number of nitrogens with two attached hydrogens (primary N) is 1. The fraction of sp³-hybridized carbons (Fsp3) is 0.286. The summed E-state index contributed by atoms with van der Waals surface area (Å²) in [4.78, 5) is 14.4. The van der Waals surface area contributed by atoms with Gasteiger partial charge in [0.2, 0.25) is 0 Å². The van der Waals surface area contributed by atoms with Gasteiger partial charge in [-0.2, -0.15) is 5.26 Å². The van der Waals surface area contributed by atoms with E-state index in [0.29, 0.717) is 22.1 Å². The monoisotopic (exact) mass is 307 g/mol. The second-order valence-electron chi connectivity index (χ2n) is 4.70. The summed E-state index contributed by atoms with van der Waals surface area (Å²) in [5, 5.41) is 10.2. The van der Waals surface area contributed by atoms with Crippen LogP contribution in [-0.2, 0) is 0 Å². The Morgan fingerprint density at radius 2 is 2.30 bits per heavy atom. The van der Waals surface area contributed by atoms with Gasteiger partial charge in [0.15, 0.2) is 0 Å². The van der Waals surface area contributed by atoms with Crippen molar-refractivity contribution in [1.29, 1.82) is 5.26 Å². The molecule has 0 fully saturated rings. The number of halogens is 1. The Morgan fingerprint density at radius 3 is 2.95 bits per heavy atom. The fourth-order valence-electron chi connectivity index (χ4n) is 1.96. The van der Waals surface area contributed by atoms with Gasteiger partial charge in [-0.05, 0) is 25.1 Å². The van der Waals surface area contributed by atoms with Gasteiger partial charge < -0.3 is 10.6 Å². The van der Waals surface area contributed by atoms with Crippen molar-refractivity contribution in [1.82, 2.24) is 4.90 Å². The minimum absolute atomic E-state index is 0.165. The van der Waals surface area contributed by atoms with E-state index in [0.717, 1.165) is 10.1 Å². The van der Waals surface area contributed by atoms with Crippen molar-refractivity contribution in [2.75, 3.05) is 19.3 Å². The smallest absolute Gasteiger partial charge is 0.265 e. The summed E-state index contributed by atoms with van der Waals surface area (Å²) in [5.74, 6) is -0.379. The summed E-state index contributed by atoms with van der Waals surface area (Å²) >= 11 is 7.29. The highest BCUT2D eigenvalue weighted by molar-refractivity contribution is 7.21. The van der Waals surface area contributed by atoms with Crippen LogP contribution in [0.1, 0.15) is 16.6 Å². The lowest BCUT2D eigenvalue weighted by molar-refractivity contribution is 0.0791. The number of carbonyl (C=O) groups is 1. The molecule has 4 nitrogen and oxygen atoms in total. The van der Waals surface area contributed by atoms with Crippen molar-refractivity contribution in [3.8, 4) is 6.07 Å². The molecule has 2 aromatic rings. The molecule has 2 N–H and O–H groups in total. The number of amides is 1. The molecule has 1 atom stereocenters. The van der Waals surface area contributed by atoms with Crippen molar-refractivity contribution in [3.05, 3.63) is 28.1 Å². The quantitative estimate of drug-likeness (QED) is 0.945. The molecular weight excluding hydrogens is 294 g/mol. The van der Waals surface area contributed by atoms with Crippen LogP contribution in [0.2, 0.25) is 5.02 Å². The Kier molecular flexibility index (Phi) is 4.17. The number of rotatable bonds is 3. The molecular formula is C14H14ClN3OS. The van der Waals surface area contributed by atoms with Gasteiger partial charge in [-0.25, -0.2) is 0 Å². The molecule has 0 radical (unpaired) electrons. The standard InChI is InChI=1S/C14H14ClN3OS/c1-8(6-16)7-18(2)14(19)13-12(17)10-5-9(15)3-4-11(10)20-13/h3-5,8H,7,17H2,1-2H3. The summed E-state index contributed by atoms with van der Waals surface area (Å²) in [7, 11) is 1.67. The normalized spacial score (nSPS) is 12.1. The van der Waals surface area contributed by atoms with Crippen LogP contribution in [0.15, 0.2) is 18.2 Å². The predicted molar refractivity (Wildman–Crippen MR) is 83.0 cm³/mol. The first-order chi connectivity index (χ1) is 9.43. The minimum Gasteiger partial charge on any atom is -0.397 e. The highest BCUT2D eigenvalue weighted by Gasteiger charge is 2.21. The summed E-state index contributed by atoms with van der Waals surface area (Å²) in [6.45, 7) is 2.15. The number of nitrogen functional groups attached to an aromatic ring is 1. The van der Waals surface area contributed by atoms with E-state index in [2.05, 4.69) is 6.07 Å². The van der Waals surface area contributed by atoms with Crippen LogP contribution in [0, 0.1) is 17.2 Å². The topological polar surface area (TPSA) is 70.1 Å². The average molecular weight is 308 g/mol. The molecule has 104 valence electrons. The predicted octanol–water partition coefficient (Wildman–Crippen LogP) is 3.37. The zero-order valence-electron chi connectivity index (χ0n) is 11.2. The highest BCUT2D eigenvalue weighted by atomic mass is 35.5. The molecule has 0 bridgehead atoms. The number of anilines is 1. The van der Waals surface area contributed by atoms with Crippen molar-refractivity contribution >= 4 is 44.6 Å².